The Morgan fingerprint density at radius 1 is 1.24 bits per heavy atom. The number of benzene rings is 1. The van der Waals surface area contributed by atoms with Gasteiger partial charge in [-0.1, -0.05) is 51.5 Å². The first-order valence-electron chi connectivity index (χ1n) is 6.47. The minimum Gasteiger partial charge on any atom is -0.352 e. The Morgan fingerprint density at radius 2 is 1.88 bits per heavy atom. The SMILES string of the molecule is CCCc1ccccc1CNC(=O)CC(C)C. The molecule has 0 aliphatic carbocycles. The van der Waals surface area contributed by atoms with Crippen molar-refractivity contribution in [3.63, 3.8) is 0 Å². The maximum atomic E-state index is 11.6. The lowest BCUT2D eigenvalue weighted by Crippen LogP contribution is -2.24. The van der Waals surface area contributed by atoms with E-state index in [0.717, 1.165) is 12.8 Å². The van der Waals surface area contributed by atoms with E-state index in [-0.39, 0.29) is 5.91 Å². The monoisotopic (exact) mass is 233 g/mol. The second-order valence-corrected chi connectivity index (χ2v) is 4.89. The molecule has 17 heavy (non-hydrogen) atoms. The van der Waals surface area contributed by atoms with Gasteiger partial charge >= 0.3 is 0 Å². The van der Waals surface area contributed by atoms with Crippen LogP contribution in [0, 0.1) is 5.92 Å². The van der Waals surface area contributed by atoms with E-state index in [2.05, 4.69) is 44.3 Å². The Labute approximate surface area is 104 Å². The van der Waals surface area contributed by atoms with Gasteiger partial charge in [-0.05, 0) is 23.5 Å². The number of rotatable bonds is 6. The van der Waals surface area contributed by atoms with Crippen molar-refractivity contribution in [3.05, 3.63) is 35.4 Å². The van der Waals surface area contributed by atoms with Crippen LogP contribution in [0.25, 0.3) is 0 Å². The minimum atomic E-state index is 0.145. The molecule has 0 bridgehead atoms. The van der Waals surface area contributed by atoms with Crippen LogP contribution in [0.2, 0.25) is 0 Å². The summed E-state index contributed by atoms with van der Waals surface area (Å²) in [6, 6.07) is 8.33. The molecule has 1 amide bonds. The van der Waals surface area contributed by atoms with Gasteiger partial charge in [0.2, 0.25) is 5.91 Å². The number of carbonyl (C=O) groups is 1. The lowest BCUT2D eigenvalue weighted by Gasteiger charge is -2.11. The van der Waals surface area contributed by atoms with Gasteiger partial charge in [-0.15, -0.1) is 0 Å². The Bertz CT molecular complexity index is 358. The zero-order valence-corrected chi connectivity index (χ0v) is 11.1. The van der Waals surface area contributed by atoms with E-state index < -0.39 is 0 Å². The first-order chi connectivity index (χ1) is 8.13. The van der Waals surface area contributed by atoms with Crippen LogP contribution in [-0.2, 0) is 17.8 Å². The topological polar surface area (TPSA) is 29.1 Å². The molecule has 2 nitrogen and oxygen atoms in total. The Kier molecular flexibility index (Phi) is 5.75. The van der Waals surface area contributed by atoms with Crippen molar-refractivity contribution in [1.82, 2.24) is 5.32 Å². The summed E-state index contributed by atoms with van der Waals surface area (Å²) in [6.07, 6.45) is 2.82. The van der Waals surface area contributed by atoms with Gasteiger partial charge in [-0.2, -0.15) is 0 Å². The maximum Gasteiger partial charge on any atom is 0.220 e. The number of nitrogens with one attached hydrogen (secondary N) is 1. The molecule has 1 aromatic rings. The molecule has 0 saturated carbocycles. The van der Waals surface area contributed by atoms with Crippen LogP contribution < -0.4 is 5.32 Å². The predicted molar refractivity (Wildman–Crippen MR) is 71.7 cm³/mol. The van der Waals surface area contributed by atoms with Gasteiger partial charge in [0.1, 0.15) is 0 Å². The molecular formula is C15H23NO. The second-order valence-electron chi connectivity index (χ2n) is 4.89. The Balaban J connectivity index is 2.53. The molecule has 0 heterocycles. The fourth-order valence-electron chi connectivity index (χ4n) is 1.88. The molecule has 0 aliphatic rings. The standard InChI is InChI=1S/C15H23NO/c1-4-7-13-8-5-6-9-14(13)11-16-15(17)10-12(2)3/h5-6,8-9,12H,4,7,10-11H2,1-3H3,(H,16,17). The predicted octanol–water partition coefficient (Wildman–Crippen LogP) is 3.30. The summed E-state index contributed by atoms with van der Waals surface area (Å²) >= 11 is 0. The molecule has 1 N–H and O–H groups in total. The molecule has 0 unspecified atom stereocenters. The molecule has 2 heteroatoms. The van der Waals surface area contributed by atoms with Gasteiger partial charge in [-0.25, -0.2) is 0 Å². The lowest BCUT2D eigenvalue weighted by atomic mass is 10.0. The molecule has 1 rings (SSSR count). The highest BCUT2D eigenvalue weighted by Gasteiger charge is 2.06. The highest BCUT2D eigenvalue weighted by molar-refractivity contribution is 5.76. The van der Waals surface area contributed by atoms with Crippen LogP contribution in [0.1, 0.15) is 44.7 Å². The van der Waals surface area contributed by atoms with E-state index in [4.69, 9.17) is 0 Å². The molecule has 1 aromatic carbocycles. The number of carbonyl (C=O) groups excluding carboxylic acids is 1. The lowest BCUT2D eigenvalue weighted by molar-refractivity contribution is -0.121. The van der Waals surface area contributed by atoms with Gasteiger partial charge < -0.3 is 5.32 Å². The molecular weight excluding hydrogens is 210 g/mol. The fraction of sp³-hybridized carbons (Fsp3) is 0.533. The fourth-order valence-corrected chi connectivity index (χ4v) is 1.88. The Hall–Kier alpha value is -1.31. The summed E-state index contributed by atoms with van der Waals surface area (Å²) < 4.78 is 0. The first-order valence-corrected chi connectivity index (χ1v) is 6.47. The van der Waals surface area contributed by atoms with Crippen molar-refractivity contribution in [2.24, 2.45) is 5.92 Å². The van der Waals surface area contributed by atoms with Crippen LogP contribution in [0.15, 0.2) is 24.3 Å². The smallest absolute Gasteiger partial charge is 0.220 e. The van der Waals surface area contributed by atoms with E-state index >= 15 is 0 Å². The summed E-state index contributed by atoms with van der Waals surface area (Å²) in [5.74, 6) is 0.562. The van der Waals surface area contributed by atoms with Crippen LogP contribution in [-0.4, -0.2) is 5.91 Å². The van der Waals surface area contributed by atoms with Crippen molar-refractivity contribution in [1.29, 1.82) is 0 Å². The van der Waals surface area contributed by atoms with Crippen LogP contribution in [0.5, 0.6) is 0 Å². The summed E-state index contributed by atoms with van der Waals surface area (Å²) in [6.45, 7) is 6.95. The van der Waals surface area contributed by atoms with E-state index in [1.807, 2.05) is 6.07 Å². The van der Waals surface area contributed by atoms with Gasteiger partial charge in [-0.3, -0.25) is 4.79 Å². The molecule has 0 fully saturated rings. The maximum absolute atomic E-state index is 11.6. The number of hydrogen-bond acceptors (Lipinski definition) is 1. The molecule has 0 aromatic heterocycles. The van der Waals surface area contributed by atoms with Gasteiger partial charge in [0.15, 0.2) is 0 Å². The normalized spacial score (nSPS) is 10.6. The van der Waals surface area contributed by atoms with E-state index in [9.17, 15) is 4.79 Å². The zero-order chi connectivity index (χ0) is 12.7. The number of hydrogen-bond donors (Lipinski definition) is 1. The average Bonchev–Trinajstić information content (AvgIpc) is 2.27. The zero-order valence-electron chi connectivity index (χ0n) is 11.1. The van der Waals surface area contributed by atoms with Crippen molar-refractivity contribution >= 4 is 5.91 Å². The van der Waals surface area contributed by atoms with Crippen molar-refractivity contribution in [3.8, 4) is 0 Å². The van der Waals surface area contributed by atoms with Crippen LogP contribution in [0.4, 0.5) is 0 Å². The van der Waals surface area contributed by atoms with Crippen molar-refractivity contribution in [2.45, 2.75) is 46.6 Å². The molecule has 0 radical (unpaired) electrons. The third-order valence-corrected chi connectivity index (χ3v) is 2.71. The van der Waals surface area contributed by atoms with Gasteiger partial charge in [0.05, 0.1) is 0 Å². The highest BCUT2D eigenvalue weighted by Crippen LogP contribution is 2.11. The molecule has 94 valence electrons. The van der Waals surface area contributed by atoms with E-state index in [0.29, 0.717) is 18.9 Å². The quantitative estimate of drug-likeness (QED) is 0.802. The van der Waals surface area contributed by atoms with E-state index in [1.54, 1.807) is 0 Å². The number of aryl methyl sites for hydroxylation is 1. The minimum absolute atomic E-state index is 0.145. The van der Waals surface area contributed by atoms with Gasteiger partial charge in [0.25, 0.3) is 0 Å². The first kappa shape index (κ1) is 13.8. The van der Waals surface area contributed by atoms with Crippen LogP contribution >= 0.6 is 0 Å². The van der Waals surface area contributed by atoms with Crippen molar-refractivity contribution < 1.29 is 4.79 Å². The second kappa shape index (κ2) is 7.10. The van der Waals surface area contributed by atoms with E-state index in [1.165, 1.54) is 11.1 Å². The third-order valence-electron chi connectivity index (χ3n) is 2.71. The highest BCUT2D eigenvalue weighted by atomic mass is 16.1. The largest absolute Gasteiger partial charge is 0.352 e. The summed E-state index contributed by atoms with van der Waals surface area (Å²) in [7, 11) is 0. The van der Waals surface area contributed by atoms with Crippen LogP contribution in [0.3, 0.4) is 0 Å². The molecule has 0 atom stereocenters. The van der Waals surface area contributed by atoms with Crippen molar-refractivity contribution in [2.75, 3.05) is 0 Å². The molecule has 0 aliphatic heterocycles. The summed E-state index contributed by atoms with van der Waals surface area (Å²) in [5.41, 5.74) is 2.59. The summed E-state index contributed by atoms with van der Waals surface area (Å²) in [4.78, 5) is 11.6. The van der Waals surface area contributed by atoms with Gasteiger partial charge in [0, 0.05) is 13.0 Å². The Morgan fingerprint density at radius 3 is 2.47 bits per heavy atom. The number of amides is 1. The summed E-state index contributed by atoms with van der Waals surface area (Å²) in [5, 5.41) is 2.99. The third kappa shape index (κ3) is 5.03. The molecule has 0 saturated heterocycles. The molecule has 0 spiro atoms. The average molecular weight is 233 g/mol.